The van der Waals surface area contributed by atoms with E-state index in [1.807, 2.05) is 0 Å². The summed E-state index contributed by atoms with van der Waals surface area (Å²) in [4.78, 5) is 0. The Kier molecular flexibility index (Phi) is 3.98. The zero-order valence-corrected chi connectivity index (χ0v) is 13.1. The van der Waals surface area contributed by atoms with Crippen LogP contribution in [0, 0.1) is 5.92 Å². The minimum Gasteiger partial charge on any atom is -0.339 e. The summed E-state index contributed by atoms with van der Waals surface area (Å²) in [5.41, 5.74) is 2.67. The first kappa shape index (κ1) is 14.2. The van der Waals surface area contributed by atoms with Gasteiger partial charge >= 0.3 is 0 Å². The largest absolute Gasteiger partial charge is 0.339 e. The molecule has 2 aromatic carbocycles. The van der Waals surface area contributed by atoms with Gasteiger partial charge in [-0.2, -0.15) is 0 Å². The third kappa shape index (κ3) is 2.44. The number of likely N-dealkylation sites (N-methyl/N-ethyl adjacent to an activating group) is 1. The summed E-state index contributed by atoms with van der Waals surface area (Å²) in [6.07, 6.45) is 1.20. The maximum atomic E-state index is 3.50. The van der Waals surface area contributed by atoms with E-state index in [-0.39, 0.29) is 0 Å². The standard InChI is InChI=1S/C19H24N2/c1-4-14(2)17(20-3)13-21-18-11-7-5-9-15(18)16-10-6-8-12-19(16)21/h5-12,14,17,20H,4,13H2,1-3H3. The van der Waals surface area contributed by atoms with Gasteiger partial charge in [-0.15, -0.1) is 0 Å². The molecule has 0 amide bonds. The van der Waals surface area contributed by atoms with E-state index in [4.69, 9.17) is 0 Å². The SMILES string of the molecule is CCC(C)C(Cn1c2ccccc2c2ccccc21)NC. The lowest BCUT2D eigenvalue weighted by Crippen LogP contribution is -2.35. The summed E-state index contributed by atoms with van der Waals surface area (Å²) in [5.74, 6) is 0.662. The van der Waals surface area contributed by atoms with Crippen molar-refractivity contribution < 1.29 is 0 Å². The van der Waals surface area contributed by atoms with E-state index in [9.17, 15) is 0 Å². The minimum absolute atomic E-state index is 0.495. The van der Waals surface area contributed by atoms with Gasteiger partial charge in [0.25, 0.3) is 0 Å². The van der Waals surface area contributed by atoms with E-state index in [2.05, 4.69) is 79.3 Å². The van der Waals surface area contributed by atoms with Crippen molar-refractivity contribution in [3.8, 4) is 0 Å². The van der Waals surface area contributed by atoms with E-state index in [1.165, 1.54) is 28.2 Å². The number of nitrogens with one attached hydrogen (secondary N) is 1. The van der Waals surface area contributed by atoms with Crippen molar-refractivity contribution in [3.63, 3.8) is 0 Å². The number of aromatic nitrogens is 1. The second kappa shape index (κ2) is 5.90. The monoisotopic (exact) mass is 280 g/mol. The number of hydrogen-bond donors (Lipinski definition) is 1. The number of rotatable bonds is 5. The van der Waals surface area contributed by atoms with Crippen LogP contribution >= 0.6 is 0 Å². The molecule has 2 nitrogen and oxygen atoms in total. The highest BCUT2D eigenvalue weighted by Crippen LogP contribution is 2.29. The third-order valence-corrected chi connectivity index (χ3v) is 4.76. The molecule has 1 heterocycles. The van der Waals surface area contributed by atoms with Gasteiger partial charge in [-0.3, -0.25) is 0 Å². The van der Waals surface area contributed by atoms with Gasteiger partial charge in [0.1, 0.15) is 0 Å². The minimum atomic E-state index is 0.495. The predicted octanol–water partition coefficient (Wildman–Crippen LogP) is 4.43. The molecule has 0 bridgehead atoms. The Balaban J connectivity index is 2.15. The van der Waals surface area contributed by atoms with Gasteiger partial charge in [-0.25, -0.2) is 0 Å². The van der Waals surface area contributed by atoms with Crippen molar-refractivity contribution in [2.75, 3.05) is 7.05 Å². The lowest BCUT2D eigenvalue weighted by atomic mass is 9.99. The van der Waals surface area contributed by atoms with Crippen molar-refractivity contribution in [3.05, 3.63) is 48.5 Å². The normalized spacial score (nSPS) is 14.6. The molecule has 3 aromatic rings. The Hall–Kier alpha value is -1.80. The molecule has 1 aromatic heterocycles. The highest BCUT2D eigenvalue weighted by molar-refractivity contribution is 6.07. The zero-order valence-electron chi connectivity index (χ0n) is 13.1. The Labute approximate surface area is 126 Å². The summed E-state index contributed by atoms with van der Waals surface area (Å²) >= 11 is 0. The van der Waals surface area contributed by atoms with Crippen molar-refractivity contribution in [2.24, 2.45) is 5.92 Å². The summed E-state index contributed by atoms with van der Waals surface area (Å²) in [5, 5.41) is 6.21. The van der Waals surface area contributed by atoms with Gasteiger partial charge in [-0.05, 0) is 25.1 Å². The molecule has 1 N–H and O–H groups in total. The van der Waals surface area contributed by atoms with Crippen LogP contribution in [-0.4, -0.2) is 17.7 Å². The van der Waals surface area contributed by atoms with Crippen molar-refractivity contribution in [1.29, 1.82) is 0 Å². The molecule has 2 atom stereocenters. The van der Waals surface area contributed by atoms with E-state index in [0.29, 0.717) is 12.0 Å². The Bertz CT molecular complexity index is 688. The van der Waals surface area contributed by atoms with Crippen LogP contribution in [0.5, 0.6) is 0 Å². The molecule has 3 rings (SSSR count). The van der Waals surface area contributed by atoms with Gasteiger partial charge in [0.05, 0.1) is 0 Å². The van der Waals surface area contributed by atoms with Crippen LogP contribution in [0.2, 0.25) is 0 Å². The molecule has 0 spiro atoms. The quantitative estimate of drug-likeness (QED) is 0.731. The highest BCUT2D eigenvalue weighted by atomic mass is 15.0. The maximum Gasteiger partial charge on any atom is 0.0491 e. The van der Waals surface area contributed by atoms with Gasteiger partial charge < -0.3 is 9.88 Å². The van der Waals surface area contributed by atoms with Gasteiger partial charge in [0.2, 0.25) is 0 Å². The molecule has 0 saturated heterocycles. The van der Waals surface area contributed by atoms with E-state index < -0.39 is 0 Å². The molecule has 110 valence electrons. The maximum absolute atomic E-state index is 3.50. The third-order valence-electron chi connectivity index (χ3n) is 4.76. The highest BCUT2D eigenvalue weighted by Gasteiger charge is 2.17. The lowest BCUT2D eigenvalue weighted by molar-refractivity contribution is 0.354. The first-order valence-corrected chi connectivity index (χ1v) is 7.89. The molecular weight excluding hydrogens is 256 g/mol. The summed E-state index contributed by atoms with van der Waals surface area (Å²) in [7, 11) is 2.07. The fraction of sp³-hybridized carbons (Fsp3) is 0.368. The average Bonchev–Trinajstić information content (AvgIpc) is 2.86. The Morgan fingerprint density at radius 2 is 1.48 bits per heavy atom. The van der Waals surface area contributed by atoms with Crippen LogP contribution in [-0.2, 0) is 6.54 Å². The molecular formula is C19H24N2. The molecule has 0 saturated carbocycles. The summed E-state index contributed by atoms with van der Waals surface area (Å²) < 4.78 is 2.47. The van der Waals surface area contributed by atoms with Gasteiger partial charge in [0.15, 0.2) is 0 Å². The van der Waals surface area contributed by atoms with Crippen LogP contribution in [0.3, 0.4) is 0 Å². The molecule has 0 aliphatic carbocycles. The fourth-order valence-electron chi connectivity index (χ4n) is 3.24. The molecule has 2 heteroatoms. The smallest absolute Gasteiger partial charge is 0.0491 e. The second-order valence-electron chi connectivity index (χ2n) is 5.93. The molecule has 21 heavy (non-hydrogen) atoms. The van der Waals surface area contributed by atoms with Gasteiger partial charge in [0, 0.05) is 34.4 Å². The number of nitrogens with zero attached hydrogens (tertiary/aromatic N) is 1. The van der Waals surface area contributed by atoms with E-state index >= 15 is 0 Å². The molecule has 0 radical (unpaired) electrons. The summed E-state index contributed by atoms with van der Waals surface area (Å²) in [6, 6.07) is 17.9. The second-order valence-corrected chi connectivity index (χ2v) is 5.93. The van der Waals surface area contributed by atoms with Crippen molar-refractivity contribution >= 4 is 21.8 Å². The predicted molar refractivity (Wildman–Crippen MR) is 91.7 cm³/mol. The van der Waals surface area contributed by atoms with Gasteiger partial charge in [-0.1, -0.05) is 56.7 Å². The molecule has 0 aliphatic heterocycles. The average molecular weight is 280 g/mol. The molecule has 2 unspecified atom stereocenters. The van der Waals surface area contributed by atoms with Crippen LogP contribution in [0.15, 0.2) is 48.5 Å². The number of fused-ring (bicyclic) bond motifs is 3. The Morgan fingerprint density at radius 3 is 1.95 bits per heavy atom. The number of para-hydroxylation sites is 2. The number of hydrogen-bond acceptors (Lipinski definition) is 1. The first-order valence-electron chi connectivity index (χ1n) is 7.89. The topological polar surface area (TPSA) is 17.0 Å². The van der Waals surface area contributed by atoms with E-state index in [1.54, 1.807) is 0 Å². The van der Waals surface area contributed by atoms with Crippen LogP contribution in [0.1, 0.15) is 20.3 Å². The first-order chi connectivity index (χ1) is 10.3. The van der Waals surface area contributed by atoms with E-state index in [0.717, 1.165) is 6.54 Å². The van der Waals surface area contributed by atoms with Crippen molar-refractivity contribution in [1.82, 2.24) is 9.88 Å². The lowest BCUT2D eigenvalue weighted by Gasteiger charge is -2.24. The Morgan fingerprint density at radius 1 is 0.952 bits per heavy atom. The van der Waals surface area contributed by atoms with Crippen molar-refractivity contribution in [2.45, 2.75) is 32.9 Å². The van der Waals surface area contributed by atoms with Crippen LogP contribution < -0.4 is 5.32 Å². The zero-order chi connectivity index (χ0) is 14.8. The molecule has 0 fully saturated rings. The molecule has 0 aliphatic rings. The number of benzene rings is 2. The van der Waals surface area contributed by atoms with Crippen LogP contribution in [0.4, 0.5) is 0 Å². The van der Waals surface area contributed by atoms with Crippen LogP contribution in [0.25, 0.3) is 21.8 Å². The summed E-state index contributed by atoms with van der Waals surface area (Å²) in [6.45, 7) is 5.61. The fourth-order valence-corrected chi connectivity index (χ4v) is 3.24.